The van der Waals surface area contributed by atoms with Crippen molar-refractivity contribution in [2.75, 3.05) is 24.6 Å². The van der Waals surface area contributed by atoms with Crippen molar-refractivity contribution in [1.29, 1.82) is 0 Å². The molecule has 208 valence electrons. The molecule has 0 unspecified atom stereocenters. The smallest absolute Gasteiger partial charge is 0.254 e. The number of hydrogen-bond donors (Lipinski definition) is 0. The molecule has 3 atom stereocenters. The van der Waals surface area contributed by atoms with Crippen LogP contribution in [0.25, 0.3) is 0 Å². The van der Waals surface area contributed by atoms with E-state index in [1.165, 1.54) is 11.1 Å². The lowest BCUT2D eigenvalue weighted by molar-refractivity contribution is -0.118. The van der Waals surface area contributed by atoms with Crippen LogP contribution in [-0.4, -0.2) is 36.6 Å². The number of amides is 1. The molecule has 0 fully saturated rings. The van der Waals surface area contributed by atoms with E-state index in [1.807, 2.05) is 31.2 Å². The molecule has 0 radical (unpaired) electrons. The Hall–Kier alpha value is -2.64. The molecule has 39 heavy (non-hydrogen) atoms. The van der Waals surface area contributed by atoms with Crippen LogP contribution in [0.15, 0.2) is 52.9 Å². The van der Waals surface area contributed by atoms with E-state index in [9.17, 15) is 13.8 Å². The second kappa shape index (κ2) is 11.8. The molecule has 8 heteroatoms. The lowest BCUT2D eigenvalue weighted by atomic mass is 9.70. The molecule has 1 amide bonds. The number of allylic oxidation sites excluding steroid dienone is 2. The van der Waals surface area contributed by atoms with Crippen LogP contribution >= 0.6 is 11.6 Å². The van der Waals surface area contributed by atoms with Crippen molar-refractivity contribution in [2.45, 2.75) is 69.5 Å². The van der Waals surface area contributed by atoms with E-state index >= 15 is 0 Å². The first-order valence-electron chi connectivity index (χ1n) is 14.0. The fourth-order valence-electron chi connectivity index (χ4n) is 6.13. The average molecular weight is 568 g/mol. The summed E-state index contributed by atoms with van der Waals surface area (Å²) in [4.78, 5) is 28.4. The molecular weight excluding hydrogens is 532 g/mol. The summed E-state index contributed by atoms with van der Waals surface area (Å²) in [6.07, 6.45) is 9.20. The fourth-order valence-corrected chi connectivity index (χ4v) is 7.12. The highest BCUT2D eigenvalue weighted by molar-refractivity contribution is 7.75. The first-order chi connectivity index (χ1) is 18.8. The molecule has 0 aromatic heterocycles. The van der Waals surface area contributed by atoms with E-state index in [0.29, 0.717) is 50.3 Å². The quantitative estimate of drug-likeness (QED) is 0.353. The Kier molecular flexibility index (Phi) is 8.48. The Morgan fingerprint density at radius 3 is 2.85 bits per heavy atom. The first-order valence-corrected chi connectivity index (χ1v) is 15.5. The van der Waals surface area contributed by atoms with Gasteiger partial charge in [0.2, 0.25) is 0 Å². The summed E-state index contributed by atoms with van der Waals surface area (Å²) in [7, 11) is -1.65. The van der Waals surface area contributed by atoms with Crippen LogP contribution in [0.4, 0.5) is 5.69 Å². The van der Waals surface area contributed by atoms with E-state index in [-0.39, 0.29) is 22.4 Å². The van der Waals surface area contributed by atoms with E-state index in [0.717, 1.165) is 36.4 Å². The predicted molar refractivity (Wildman–Crippen MR) is 156 cm³/mol. The summed E-state index contributed by atoms with van der Waals surface area (Å²) in [5.74, 6) is 0.260. The third kappa shape index (κ3) is 5.94. The van der Waals surface area contributed by atoms with Gasteiger partial charge in [0, 0.05) is 35.0 Å². The summed E-state index contributed by atoms with van der Waals surface area (Å²) < 4.78 is 23.3. The van der Waals surface area contributed by atoms with Crippen LogP contribution in [0.1, 0.15) is 73.9 Å². The Morgan fingerprint density at radius 1 is 1.18 bits per heavy atom. The molecule has 2 heterocycles. The number of halogens is 1. The van der Waals surface area contributed by atoms with E-state index < -0.39 is 16.5 Å². The maximum absolute atomic E-state index is 13.1. The highest BCUT2D eigenvalue weighted by Gasteiger charge is 2.41. The summed E-state index contributed by atoms with van der Waals surface area (Å²) in [6.45, 7) is 5.75. The van der Waals surface area contributed by atoms with Crippen LogP contribution in [0.5, 0.6) is 5.75 Å². The number of ketones is 1. The minimum Gasteiger partial charge on any atom is -0.490 e. The Bertz CT molecular complexity index is 1380. The zero-order valence-corrected chi connectivity index (χ0v) is 24.2. The number of nitrogens with zero attached hydrogens (tertiary/aromatic N) is 2. The van der Waals surface area contributed by atoms with Crippen LogP contribution < -0.4 is 9.64 Å². The molecule has 2 bridgehead atoms. The SMILES string of the molecule is CC[C@@H]1CCN2C[C@@]3(CCCc4cc(Cl)ccc43)COc3ccc(cc32)C(=O)N=[S-](=O)[C@H](C)CC/C=C/C1=O. The van der Waals surface area contributed by atoms with E-state index in [2.05, 4.69) is 28.3 Å². The molecule has 0 N–H and O–H groups in total. The third-order valence-corrected chi connectivity index (χ3v) is 9.97. The second-order valence-corrected chi connectivity index (χ2v) is 13.1. The Morgan fingerprint density at radius 2 is 2.03 bits per heavy atom. The van der Waals surface area contributed by atoms with Crippen molar-refractivity contribution in [1.82, 2.24) is 0 Å². The summed E-state index contributed by atoms with van der Waals surface area (Å²) >= 11 is 6.36. The molecule has 6 nitrogen and oxygen atoms in total. The molecule has 1 spiro atoms. The highest BCUT2D eigenvalue weighted by atomic mass is 35.5. The molecule has 5 rings (SSSR count). The molecule has 2 aromatic carbocycles. The van der Waals surface area contributed by atoms with Crippen LogP contribution in [0.2, 0.25) is 5.02 Å². The van der Waals surface area contributed by atoms with Gasteiger partial charge in [-0.3, -0.25) is 9.59 Å². The molecule has 0 saturated heterocycles. The van der Waals surface area contributed by atoms with Crippen molar-refractivity contribution in [3.8, 4) is 5.75 Å². The number of fused-ring (bicyclic) bond motifs is 3. The molecule has 3 aliphatic rings. The van der Waals surface area contributed by atoms with Gasteiger partial charge in [-0.2, -0.15) is 10.6 Å². The number of anilines is 1. The predicted octanol–water partition coefficient (Wildman–Crippen LogP) is 6.82. The van der Waals surface area contributed by atoms with Gasteiger partial charge in [-0.15, -0.1) is 0 Å². The minimum atomic E-state index is -1.65. The van der Waals surface area contributed by atoms with Gasteiger partial charge in [-0.25, -0.2) is 0 Å². The van der Waals surface area contributed by atoms with Gasteiger partial charge in [0.15, 0.2) is 5.78 Å². The molecular formula is C31H36ClN2O4S-. The number of carbonyl (C=O) groups excluding carboxylic acids is 2. The molecule has 2 aromatic rings. The molecule has 1 aliphatic carbocycles. The number of aryl methyl sites for hydroxylation is 1. The van der Waals surface area contributed by atoms with Crippen molar-refractivity contribution < 1.29 is 18.5 Å². The number of rotatable bonds is 1. The third-order valence-electron chi connectivity index (χ3n) is 8.47. The van der Waals surface area contributed by atoms with Crippen molar-refractivity contribution in [3.05, 3.63) is 70.3 Å². The number of hydrogen-bond acceptors (Lipinski definition) is 6. The zero-order chi connectivity index (χ0) is 27.6. The van der Waals surface area contributed by atoms with Gasteiger partial charge < -0.3 is 18.2 Å². The van der Waals surface area contributed by atoms with Crippen molar-refractivity contribution in [2.24, 2.45) is 10.3 Å². The van der Waals surface area contributed by atoms with Crippen LogP contribution in [0, 0.1) is 5.92 Å². The zero-order valence-electron chi connectivity index (χ0n) is 22.7. The van der Waals surface area contributed by atoms with Crippen LogP contribution in [-0.2, 0) is 31.4 Å². The number of ether oxygens (including phenoxy) is 1. The van der Waals surface area contributed by atoms with Crippen LogP contribution in [0.3, 0.4) is 0 Å². The van der Waals surface area contributed by atoms with Gasteiger partial charge in [0.25, 0.3) is 5.91 Å². The lowest BCUT2D eigenvalue weighted by Gasteiger charge is -2.41. The average Bonchev–Trinajstić information content (AvgIpc) is 3.07. The normalized spacial score (nSPS) is 27.3. The Labute approximate surface area is 238 Å². The monoisotopic (exact) mass is 567 g/mol. The van der Waals surface area contributed by atoms with Gasteiger partial charge in [-0.1, -0.05) is 49.3 Å². The lowest BCUT2D eigenvalue weighted by Crippen LogP contribution is -2.46. The summed E-state index contributed by atoms with van der Waals surface area (Å²) in [6, 6.07) is 11.5. The van der Waals surface area contributed by atoms with Crippen molar-refractivity contribution >= 4 is 39.6 Å². The van der Waals surface area contributed by atoms with Gasteiger partial charge in [0.1, 0.15) is 5.75 Å². The number of carbonyl (C=O) groups is 2. The molecule has 2 aliphatic heterocycles. The van der Waals surface area contributed by atoms with Gasteiger partial charge >= 0.3 is 0 Å². The van der Waals surface area contributed by atoms with E-state index in [1.54, 1.807) is 12.1 Å². The standard InChI is InChI=1S/C31H36ClN2O4S/c1-3-22-14-16-34-19-31(15-6-8-23-17-25(32)11-12-26(23)31)20-38-29-13-10-24(18-27(29)34)30(36)33-39(37)21(2)7-4-5-9-28(22)35/h5,9-13,17-18,21-22H,3-4,6-8,14-16,19-20H2,1-2H3/q-1/b9-5+/t21-,22-,31+/m1/s1. The summed E-state index contributed by atoms with van der Waals surface area (Å²) in [5, 5.41) is 0.452. The van der Waals surface area contributed by atoms with Gasteiger partial charge in [0.05, 0.1) is 12.3 Å². The van der Waals surface area contributed by atoms with Gasteiger partial charge in [-0.05, 0) is 86.1 Å². The maximum atomic E-state index is 13.1. The fraction of sp³-hybridized carbons (Fsp3) is 0.484. The van der Waals surface area contributed by atoms with Crippen molar-refractivity contribution in [3.63, 3.8) is 0 Å². The highest BCUT2D eigenvalue weighted by Crippen LogP contribution is 2.44. The Balaban J connectivity index is 1.58. The topological polar surface area (TPSA) is 76.0 Å². The molecule has 0 saturated carbocycles. The number of benzene rings is 2. The maximum Gasteiger partial charge on any atom is 0.254 e. The van der Waals surface area contributed by atoms with E-state index in [4.69, 9.17) is 16.3 Å². The summed E-state index contributed by atoms with van der Waals surface area (Å²) in [5.41, 5.74) is 3.49. The minimum absolute atomic E-state index is 0.0958. The largest absolute Gasteiger partial charge is 0.490 e. The second-order valence-electron chi connectivity index (χ2n) is 11.1. The first kappa shape index (κ1) is 27.9.